The Labute approximate surface area is 115 Å². The molecule has 3 aromatic rings. The summed E-state index contributed by atoms with van der Waals surface area (Å²) >= 11 is 0. The molecule has 0 aliphatic heterocycles. The second-order valence-corrected chi connectivity index (χ2v) is 6.96. The van der Waals surface area contributed by atoms with Gasteiger partial charge in [-0.1, -0.05) is 18.2 Å². The normalized spacial score (nSPS) is 12.1. The molecule has 1 aromatic heterocycles. The first-order valence-corrected chi connectivity index (χ1v) is 8.01. The van der Waals surface area contributed by atoms with Gasteiger partial charge in [0.1, 0.15) is 0 Å². The van der Waals surface area contributed by atoms with Gasteiger partial charge in [0.15, 0.2) is 0 Å². The minimum Gasteiger partial charge on any atom is -0.248 e. The van der Waals surface area contributed by atoms with E-state index in [1.807, 2.05) is 30.3 Å². The van der Waals surface area contributed by atoms with Crippen LogP contribution in [0.15, 0.2) is 47.4 Å². The van der Waals surface area contributed by atoms with E-state index in [1.54, 1.807) is 13.0 Å². The number of benzene rings is 2. The number of para-hydroxylation sites is 1. The number of hydrogen-bond donors (Lipinski definition) is 0. The van der Waals surface area contributed by atoms with Gasteiger partial charge < -0.3 is 0 Å². The van der Waals surface area contributed by atoms with Crippen LogP contribution in [0.25, 0.3) is 21.8 Å². The summed E-state index contributed by atoms with van der Waals surface area (Å²) in [6.45, 7) is 1.73. The minimum absolute atomic E-state index is 0.115. The third-order valence-corrected chi connectivity index (χ3v) is 4.54. The van der Waals surface area contributed by atoms with Crippen LogP contribution in [0.1, 0.15) is 5.56 Å². The number of halogens is 1. The van der Waals surface area contributed by atoms with Crippen LogP contribution >= 0.6 is 10.7 Å². The van der Waals surface area contributed by atoms with E-state index in [9.17, 15) is 8.42 Å². The second-order valence-electron chi connectivity index (χ2n) is 4.43. The van der Waals surface area contributed by atoms with Crippen LogP contribution in [0, 0.1) is 6.92 Å². The first-order chi connectivity index (χ1) is 8.95. The molecular weight excluding hydrogens is 282 g/mol. The molecule has 96 valence electrons. The Kier molecular flexibility index (Phi) is 2.73. The fourth-order valence-corrected chi connectivity index (χ4v) is 3.38. The van der Waals surface area contributed by atoms with E-state index in [1.165, 1.54) is 6.07 Å². The first-order valence-electron chi connectivity index (χ1n) is 5.70. The Morgan fingerprint density at radius 1 is 1.00 bits per heavy atom. The summed E-state index contributed by atoms with van der Waals surface area (Å²) in [4.78, 5) is 4.59. The van der Waals surface area contributed by atoms with Gasteiger partial charge >= 0.3 is 0 Å². The number of pyridine rings is 1. The number of hydrogen-bond acceptors (Lipinski definition) is 3. The Morgan fingerprint density at radius 2 is 1.74 bits per heavy atom. The largest absolute Gasteiger partial charge is 0.261 e. The molecule has 2 aromatic carbocycles. The molecule has 19 heavy (non-hydrogen) atoms. The fraction of sp³-hybridized carbons (Fsp3) is 0.0714. The van der Waals surface area contributed by atoms with Crippen molar-refractivity contribution in [3.05, 3.63) is 48.0 Å². The Balaban J connectivity index is 2.43. The molecule has 0 spiro atoms. The zero-order chi connectivity index (χ0) is 13.6. The van der Waals surface area contributed by atoms with E-state index >= 15 is 0 Å². The topological polar surface area (TPSA) is 47.0 Å². The summed E-state index contributed by atoms with van der Waals surface area (Å²) in [6, 6.07) is 13.0. The van der Waals surface area contributed by atoms with Crippen molar-refractivity contribution in [1.82, 2.24) is 4.98 Å². The molecule has 0 unspecified atom stereocenters. The molecule has 3 rings (SSSR count). The molecule has 0 saturated carbocycles. The zero-order valence-electron chi connectivity index (χ0n) is 10.1. The molecule has 0 atom stereocenters. The maximum atomic E-state index is 11.5. The number of rotatable bonds is 1. The molecule has 0 bridgehead atoms. The van der Waals surface area contributed by atoms with Crippen molar-refractivity contribution in [2.24, 2.45) is 0 Å². The second kappa shape index (κ2) is 4.18. The Bertz CT molecular complexity index is 904. The van der Waals surface area contributed by atoms with Crippen molar-refractivity contribution in [1.29, 1.82) is 0 Å². The summed E-state index contributed by atoms with van der Waals surface area (Å²) in [5, 5.41) is 1.93. The molecule has 0 radical (unpaired) electrons. The lowest BCUT2D eigenvalue weighted by molar-refractivity contribution is 0.609. The Morgan fingerprint density at radius 3 is 2.47 bits per heavy atom. The van der Waals surface area contributed by atoms with Crippen LogP contribution in [0.4, 0.5) is 0 Å². The van der Waals surface area contributed by atoms with Crippen LogP contribution in [0.3, 0.4) is 0 Å². The average molecular weight is 292 g/mol. The monoisotopic (exact) mass is 291 g/mol. The molecule has 0 N–H and O–H groups in total. The molecule has 0 saturated heterocycles. The van der Waals surface area contributed by atoms with Gasteiger partial charge in [-0.2, -0.15) is 0 Å². The van der Waals surface area contributed by atoms with Gasteiger partial charge in [0.05, 0.1) is 15.9 Å². The predicted octanol–water partition coefficient (Wildman–Crippen LogP) is 3.62. The molecule has 0 aliphatic carbocycles. The Hall–Kier alpha value is -1.65. The van der Waals surface area contributed by atoms with E-state index in [2.05, 4.69) is 4.98 Å². The lowest BCUT2D eigenvalue weighted by Gasteiger charge is -2.06. The van der Waals surface area contributed by atoms with Gasteiger partial charge in [0.25, 0.3) is 9.05 Å². The number of fused-ring (bicyclic) bond motifs is 2. The number of aromatic nitrogens is 1. The molecular formula is C14H10ClNO2S. The van der Waals surface area contributed by atoms with E-state index in [0.717, 1.165) is 16.3 Å². The standard InChI is InChI=1S/C14H10ClNO2S/c1-9-6-11-7-10-4-2-3-5-12(10)16-13(11)8-14(9)19(15,17)18/h2-8H,1H3. The highest BCUT2D eigenvalue weighted by molar-refractivity contribution is 8.13. The maximum Gasteiger partial charge on any atom is 0.261 e. The molecule has 1 heterocycles. The quantitative estimate of drug-likeness (QED) is 0.508. The van der Waals surface area contributed by atoms with Crippen LogP contribution < -0.4 is 0 Å². The van der Waals surface area contributed by atoms with Crippen LogP contribution in [-0.2, 0) is 9.05 Å². The smallest absolute Gasteiger partial charge is 0.248 e. The highest BCUT2D eigenvalue weighted by Gasteiger charge is 2.15. The highest BCUT2D eigenvalue weighted by atomic mass is 35.7. The van der Waals surface area contributed by atoms with Gasteiger partial charge in [-0.15, -0.1) is 0 Å². The predicted molar refractivity (Wildman–Crippen MR) is 77.0 cm³/mol. The fourth-order valence-electron chi connectivity index (χ4n) is 2.18. The van der Waals surface area contributed by atoms with Gasteiger partial charge in [0, 0.05) is 21.5 Å². The van der Waals surface area contributed by atoms with Crippen molar-refractivity contribution >= 4 is 41.5 Å². The molecule has 0 aliphatic rings. The van der Waals surface area contributed by atoms with E-state index < -0.39 is 9.05 Å². The van der Waals surface area contributed by atoms with Crippen molar-refractivity contribution in [3.63, 3.8) is 0 Å². The van der Waals surface area contributed by atoms with Gasteiger partial charge in [0.2, 0.25) is 0 Å². The molecule has 5 heteroatoms. The minimum atomic E-state index is -3.75. The van der Waals surface area contributed by atoms with Crippen LogP contribution in [-0.4, -0.2) is 13.4 Å². The zero-order valence-corrected chi connectivity index (χ0v) is 11.7. The molecule has 0 amide bonds. The van der Waals surface area contributed by atoms with Crippen LogP contribution in [0.2, 0.25) is 0 Å². The first kappa shape index (κ1) is 12.4. The maximum absolute atomic E-state index is 11.5. The summed E-state index contributed by atoms with van der Waals surface area (Å²) in [6.07, 6.45) is 0. The van der Waals surface area contributed by atoms with E-state index in [4.69, 9.17) is 10.7 Å². The third-order valence-electron chi connectivity index (χ3n) is 3.08. The number of aryl methyl sites for hydroxylation is 1. The van der Waals surface area contributed by atoms with E-state index in [0.29, 0.717) is 11.1 Å². The lowest BCUT2D eigenvalue weighted by atomic mass is 10.1. The average Bonchev–Trinajstić information content (AvgIpc) is 2.34. The number of nitrogens with zero attached hydrogens (tertiary/aromatic N) is 1. The van der Waals surface area contributed by atoms with Gasteiger partial charge in [-0.05, 0) is 36.8 Å². The summed E-state index contributed by atoms with van der Waals surface area (Å²) < 4.78 is 23.0. The van der Waals surface area contributed by atoms with Crippen molar-refractivity contribution in [3.8, 4) is 0 Å². The molecule has 3 nitrogen and oxygen atoms in total. The highest BCUT2D eigenvalue weighted by Crippen LogP contribution is 2.27. The van der Waals surface area contributed by atoms with Crippen molar-refractivity contribution < 1.29 is 8.42 Å². The SMILES string of the molecule is Cc1cc2cc3ccccc3nc2cc1S(=O)(=O)Cl. The lowest BCUT2D eigenvalue weighted by Crippen LogP contribution is -1.95. The van der Waals surface area contributed by atoms with Gasteiger partial charge in [-0.25, -0.2) is 13.4 Å². The van der Waals surface area contributed by atoms with E-state index in [-0.39, 0.29) is 4.90 Å². The summed E-state index contributed by atoms with van der Waals surface area (Å²) in [5.74, 6) is 0. The van der Waals surface area contributed by atoms with Crippen molar-refractivity contribution in [2.75, 3.05) is 0 Å². The van der Waals surface area contributed by atoms with Crippen LogP contribution in [0.5, 0.6) is 0 Å². The summed E-state index contributed by atoms with van der Waals surface area (Å²) in [5.41, 5.74) is 2.08. The summed E-state index contributed by atoms with van der Waals surface area (Å²) in [7, 11) is 1.68. The third kappa shape index (κ3) is 2.17. The van der Waals surface area contributed by atoms with Crippen molar-refractivity contribution in [2.45, 2.75) is 11.8 Å². The molecule has 0 fully saturated rings. The van der Waals surface area contributed by atoms with Gasteiger partial charge in [-0.3, -0.25) is 0 Å².